The summed E-state index contributed by atoms with van der Waals surface area (Å²) in [6, 6.07) is 5.04. The van der Waals surface area contributed by atoms with E-state index in [1.165, 1.54) is 30.8 Å². The molecule has 2 atom stereocenters. The Morgan fingerprint density at radius 1 is 1.67 bits per heavy atom. The van der Waals surface area contributed by atoms with Crippen LogP contribution >= 0.6 is 11.3 Å². The Kier molecular flexibility index (Phi) is 3.78. The van der Waals surface area contributed by atoms with E-state index in [2.05, 4.69) is 29.3 Å². The van der Waals surface area contributed by atoms with E-state index in [0.717, 1.165) is 12.5 Å². The molecule has 1 aliphatic heterocycles. The van der Waals surface area contributed by atoms with E-state index in [9.17, 15) is 0 Å². The van der Waals surface area contributed by atoms with Crippen LogP contribution in [0.2, 0.25) is 0 Å². The first kappa shape index (κ1) is 11.1. The number of hydrogen-bond donors (Lipinski definition) is 1. The lowest BCUT2D eigenvalue weighted by Crippen LogP contribution is -2.27. The van der Waals surface area contributed by atoms with Crippen molar-refractivity contribution in [3.63, 3.8) is 0 Å². The van der Waals surface area contributed by atoms with Crippen LogP contribution in [0.5, 0.6) is 0 Å². The van der Waals surface area contributed by atoms with Crippen molar-refractivity contribution in [2.75, 3.05) is 19.6 Å². The third-order valence-corrected chi connectivity index (χ3v) is 4.32. The molecule has 1 aromatic rings. The van der Waals surface area contributed by atoms with Crippen LogP contribution < -0.4 is 5.73 Å². The zero-order valence-electron chi connectivity index (χ0n) is 9.36. The molecule has 1 fully saturated rings. The fourth-order valence-electron chi connectivity index (χ4n) is 2.46. The zero-order chi connectivity index (χ0) is 10.7. The Balaban J connectivity index is 2.02. The first-order valence-corrected chi connectivity index (χ1v) is 6.70. The predicted octanol–water partition coefficient (Wildman–Crippen LogP) is 2.48. The molecule has 1 aromatic heterocycles. The summed E-state index contributed by atoms with van der Waals surface area (Å²) in [7, 11) is 0. The maximum absolute atomic E-state index is 5.73. The van der Waals surface area contributed by atoms with E-state index in [0.29, 0.717) is 6.04 Å². The van der Waals surface area contributed by atoms with Gasteiger partial charge in [0.25, 0.3) is 0 Å². The summed E-state index contributed by atoms with van der Waals surface area (Å²) in [4.78, 5) is 4.11. The van der Waals surface area contributed by atoms with Crippen molar-refractivity contribution in [3.8, 4) is 0 Å². The minimum atomic E-state index is 0.626. The minimum absolute atomic E-state index is 0.626. The number of thiophene rings is 1. The molecular formula is C12H20N2S. The number of hydrogen-bond acceptors (Lipinski definition) is 3. The average Bonchev–Trinajstić information content (AvgIpc) is 2.89. The minimum Gasteiger partial charge on any atom is -0.330 e. The standard InChI is InChI=1S/C12H20N2S/c1-2-11(12-4-3-7-15-12)14-6-5-10(8-13)9-14/h3-4,7,10-11H,2,5-6,8-9,13H2,1H3. The second-order valence-electron chi connectivity index (χ2n) is 4.32. The second-order valence-corrected chi connectivity index (χ2v) is 5.30. The largest absolute Gasteiger partial charge is 0.330 e. The molecule has 84 valence electrons. The van der Waals surface area contributed by atoms with Gasteiger partial charge in [0.15, 0.2) is 0 Å². The van der Waals surface area contributed by atoms with Gasteiger partial charge in [0, 0.05) is 17.5 Å². The first-order chi connectivity index (χ1) is 7.35. The smallest absolute Gasteiger partial charge is 0.0439 e. The molecule has 2 rings (SSSR count). The third-order valence-electron chi connectivity index (χ3n) is 3.35. The van der Waals surface area contributed by atoms with Gasteiger partial charge in [-0.05, 0) is 43.3 Å². The van der Waals surface area contributed by atoms with Gasteiger partial charge in [0.05, 0.1) is 0 Å². The molecule has 0 saturated carbocycles. The molecule has 0 bridgehead atoms. The van der Waals surface area contributed by atoms with Gasteiger partial charge in [-0.3, -0.25) is 4.90 Å². The molecule has 3 heteroatoms. The second kappa shape index (κ2) is 5.10. The van der Waals surface area contributed by atoms with Crippen molar-refractivity contribution >= 4 is 11.3 Å². The van der Waals surface area contributed by atoms with Gasteiger partial charge >= 0.3 is 0 Å². The van der Waals surface area contributed by atoms with Gasteiger partial charge in [-0.25, -0.2) is 0 Å². The third kappa shape index (κ3) is 2.41. The van der Waals surface area contributed by atoms with Gasteiger partial charge < -0.3 is 5.73 Å². The fraction of sp³-hybridized carbons (Fsp3) is 0.667. The molecule has 2 nitrogen and oxygen atoms in total. The highest BCUT2D eigenvalue weighted by molar-refractivity contribution is 7.10. The Bertz CT molecular complexity index is 284. The molecule has 2 heterocycles. The van der Waals surface area contributed by atoms with E-state index in [-0.39, 0.29) is 0 Å². The zero-order valence-corrected chi connectivity index (χ0v) is 10.2. The van der Waals surface area contributed by atoms with Crippen molar-refractivity contribution in [2.24, 2.45) is 11.7 Å². The molecular weight excluding hydrogens is 204 g/mol. The van der Waals surface area contributed by atoms with Gasteiger partial charge in [-0.2, -0.15) is 0 Å². The highest BCUT2D eigenvalue weighted by Crippen LogP contribution is 2.32. The SMILES string of the molecule is CCC(c1cccs1)N1CCC(CN)C1. The summed E-state index contributed by atoms with van der Waals surface area (Å²) in [6.45, 7) is 5.53. The predicted molar refractivity (Wildman–Crippen MR) is 66.1 cm³/mol. The number of likely N-dealkylation sites (tertiary alicyclic amines) is 1. The molecule has 0 spiro atoms. The van der Waals surface area contributed by atoms with E-state index in [4.69, 9.17) is 5.73 Å². The summed E-state index contributed by atoms with van der Waals surface area (Å²) in [5.41, 5.74) is 5.73. The number of rotatable bonds is 4. The van der Waals surface area contributed by atoms with Crippen molar-refractivity contribution in [2.45, 2.75) is 25.8 Å². The van der Waals surface area contributed by atoms with Gasteiger partial charge in [0.2, 0.25) is 0 Å². The van der Waals surface area contributed by atoms with Crippen LogP contribution in [0, 0.1) is 5.92 Å². The number of nitrogens with two attached hydrogens (primary N) is 1. The lowest BCUT2D eigenvalue weighted by Gasteiger charge is -2.25. The van der Waals surface area contributed by atoms with Gasteiger partial charge in [-0.15, -0.1) is 11.3 Å². The van der Waals surface area contributed by atoms with Gasteiger partial charge in [-0.1, -0.05) is 13.0 Å². The summed E-state index contributed by atoms with van der Waals surface area (Å²) in [6.07, 6.45) is 2.48. The van der Waals surface area contributed by atoms with E-state index in [1.807, 2.05) is 11.3 Å². The maximum Gasteiger partial charge on any atom is 0.0439 e. The Morgan fingerprint density at radius 2 is 2.53 bits per heavy atom. The van der Waals surface area contributed by atoms with E-state index in [1.54, 1.807) is 0 Å². The molecule has 1 aliphatic rings. The summed E-state index contributed by atoms with van der Waals surface area (Å²) in [5, 5.41) is 2.18. The maximum atomic E-state index is 5.73. The first-order valence-electron chi connectivity index (χ1n) is 5.82. The Labute approximate surface area is 96.1 Å². The Hall–Kier alpha value is -0.380. The topological polar surface area (TPSA) is 29.3 Å². The molecule has 0 aliphatic carbocycles. The molecule has 0 aromatic carbocycles. The highest BCUT2D eigenvalue weighted by Gasteiger charge is 2.27. The van der Waals surface area contributed by atoms with Crippen LogP contribution in [0.25, 0.3) is 0 Å². The molecule has 0 radical (unpaired) electrons. The summed E-state index contributed by atoms with van der Waals surface area (Å²) >= 11 is 1.88. The molecule has 15 heavy (non-hydrogen) atoms. The molecule has 0 amide bonds. The van der Waals surface area contributed by atoms with Crippen LogP contribution in [0.1, 0.15) is 30.7 Å². The van der Waals surface area contributed by atoms with Crippen LogP contribution in [0.3, 0.4) is 0 Å². The van der Waals surface area contributed by atoms with Crippen molar-refractivity contribution < 1.29 is 0 Å². The van der Waals surface area contributed by atoms with Crippen molar-refractivity contribution in [1.29, 1.82) is 0 Å². The van der Waals surface area contributed by atoms with Crippen LogP contribution in [0.15, 0.2) is 17.5 Å². The van der Waals surface area contributed by atoms with Crippen molar-refractivity contribution in [3.05, 3.63) is 22.4 Å². The van der Waals surface area contributed by atoms with Crippen LogP contribution in [-0.2, 0) is 0 Å². The van der Waals surface area contributed by atoms with Crippen LogP contribution in [0.4, 0.5) is 0 Å². The van der Waals surface area contributed by atoms with Crippen LogP contribution in [-0.4, -0.2) is 24.5 Å². The average molecular weight is 224 g/mol. The van der Waals surface area contributed by atoms with E-state index < -0.39 is 0 Å². The molecule has 2 unspecified atom stereocenters. The highest BCUT2D eigenvalue weighted by atomic mass is 32.1. The summed E-state index contributed by atoms with van der Waals surface area (Å²) < 4.78 is 0. The lowest BCUT2D eigenvalue weighted by molar-refractivity contribution is 0.234. The van der Waals surface area contributed by atoms with Gasteiger partial charge in [0.1, 0.15) is 0 Å². The lowest BCUT2D eigenvalue weighted by atomic mass is 10.1. The summed E-state index contributed by atoms with van der Waals surface area (Å²) in [5.74, 6) is 0.721. The monoisotopic (exact) mass is 224 g/mol. The molecule has 2 N–H and O–H groups in total. The number of nitrogens with zero attached hydrogens (tertiary/aromatic N) is 1. The fourth-order valence-corrected chi connectivity index (χ4v) is 3.40. The molecule has 1 saturated heterocycles. The van der Waals surface area contributed by atoms with Crippen molar-refractivity contribution in [1.82, 2.24) is 4.90 Å². The Morgan fingerprint density at radius 3 is 3.07 bits per heavy atom. The normalized spacial score (nSPS) is 24.5. The van der Waals surface area contributed by atoms with E-state index >= 15 is 0 Å². The quantitative estimate of drug-likeness (QED) is 0.851.